The molecule has 0 amide bonds. The third kappa shape index (κ3) is 2.12. The molecule has 102 valence electrons. The van der Waals surface area contributed by atoms with E-state index >= 15 is 0 Å². The molecule has 5 N–H and O–H groups in total. The highest BCUT2D eigenvalue weighted by Crippen LogP contribution is 2.25. The average molecular weight is 273 g/mol. The molecule has 0 aliphatic carbocycles. The molecule has 0 fully saturated rings. The summed E-state index contributed by atoms with van der Waals surface area (Å²) in [5.41, 5.74) is 4.45. The number of H-pyrrole nitrogens is 1. The molecule has 2 heterocycles. The van der Waals surface area contributed by atoms with E-state index in [4.69, 9.17) is 5.84 Å². The van der Waals surface area contributed by atoms with Gasteiger partial charge in [0.25, 0.3) is 0 Å². The van der Waals surface area contributed by atoms with Crippen LogP contribution in [0.5, 0.6) is 0 Å². The van der Waals surface area contributed by atoms with Gasteiger partial charge in [-0.1, -0.05) is 0 Å². The number of nitrogen functional groups attached to an aromatic ring is 1. The van der Waals surface area contributed by atoms with Crippen LogP contribution in [0.1, 0.15) is 5.56 Å². The third-order valence-electron chi connectivity index (χ3n) is 2.88. The van der Waals surface area contributed by atoms with Gasteiger partial charge in [-0.25, -0.2) is 10.2 Å². The van der Waals surface area contributed by atoms with Crippen molar-refractivity contribution in [1.82, 2.24) is 20.2 Å². The van der Waals surface area contributed by atoms with Crippen molar-refractivity contribution in [3.8, 4) is 0 Å². The molecule has 0 unspecified atom stereocenters. The molecule has 0 atom stereocenters. The standard InChI is InChI=1S/C12H12FN7/c1-6-4-7(13)2-3-9(6)16-10-8-5-15-20-11(8)18-12(17-10)19-14/h2-5H,14H2,1H3,(H3,15,16,17,18,19,20). The fraction of sp³-hybridized carbons (Fsp3) is 0.0833. The molecular weight excluding hydrogens is 261 g/mol. The number of aromatic amines is 1. The number of halogens is 1. The summed E-state index contributed by atoms with van der Waals surface area (Å²) in [5, 5.41) is 10.5. The maximum atomic E-state index is 13.1. The van der Waals surface area contributed by atoms with Crippen LogP contribution in [0.15, 0.2) is 24.4 Å². The number of hydrogen-bond donors (Lipinski definition) is 4. The Kier molecular flexibility index (Phi) is 2.92. The fourth-order valence-electron chi connectivity index (χ4n) is 1.89. The number of hydrazine groups is 1. The highest BCUT2D eigenvalue weighted by molar-refractivity contribution is 5.89. The van der Waals surface area contributed by atoms with E-state index in [9.17, 15) is 4.39 Å². The first-order chi connectivity index (χ1) is 9.67. The van der Waals surface area contributed by atoms with Gasteiger partial charge in [0.05, 0.1) is 11.6 Å². The van der Waals surface area contributed by atoms with Crippen molar-refractivity contribution >= 4 is 28.5 Å². The van der Waals surface area contributed by atoms with Gasteiger partial charge < -0.3 is 5.32 Å². The molecule has 7 nitrogen and oxygen atoms in total. The quantitative estimate of drug-likeness (QED) is 0.428. The minimum Gasteiger partial charge on any atom is -0.339 e. The number of aromatic nitrogens is 4. The summed E-state index contributed by atoms with van der Waals surface area (Å²) in [6.45, 7) is 1.81. The summed E-state index contributed by atoms with van der Waals surface area (Å²) in [4.78, 5) is 8.37. The van der Waals surface area contributed by atoms with E-state index < -0.39 is 0 Å². The van der Waals surface area contributed by atoms with Gasteiger partial charge >= 0.3 is 0 Å². The minimum absolute atomic E-state index is 0.254. The van der Waals surface area contributed by atoms with Crippen molar-refractivity contribution < 1.29 is 4.39 Å². The molecular formula is C12H12FN7. The molecule has 0 radical (unpaired) electrons. The molecule has 3 aromatic rings. The predicted octanol–water partition coefficient (Wildman–Crippen LogP) is 1.83. The Balaban J connectivity index is 2.07. The van der Waals surface area contributed by atoms with Crippen molar-refractivity contribution in [3.05, 3.63) is 35.8 Å². The molecule has 0 saturated carbocycles. The highest BCUT2D eigenvalue weighted by atomic mass is 19.1. The van der Waals surface area contributed by atoms with Gasteiger partial charge in [0.2, 0.25) is 5.95 Å². The SMILES string of the molecule is Cc1cc(F)ccc1Nc1nc(NN)nc2[nH]ncc12. The summed E-state index contributed by atoms with van der Waals surface area (Å²) in [6, 6.07) is 4.47. The lowest BCUT2D eigenvalue weighted by molar-refractivity contribution is 0.627. The Hall–Kier alpha value is -2.74. The van der Waals surface area contributed by atoms with Gasteiger partial charge in [0, 0.05) is 5.69 Å². The second kappa shape index (κ2) is 4.74. The van der Waals surface area contributed by atoms with Crippen LogP contribution >= 0.6 is 0 Å². The molecule has 3 rings (SSSR count). The molecule has 20 heavy (non-hydrogen) atoms. The molecule has 1 aromatic carbocycles. The maximum absolute atomic E-state index is 13.1. The zero-order valence-corrected chi connectivity index (χ0v) is 10.6. The molecule has 0 saturated heterocycles. The Morgan fingerprint density at radius 3 is 2.90 bits per heavy atom. The van der Waals surface area contributed by atoms with Crippen LogP contribution in [0, 0.1) is 12.7 Å². The van der Waals surface area contributed by atoms with Gasteiger partial charge in [-0.15, -0.1) is 0 Å². The summed E-state index contributed by atoms with van der Waals surface area (Å²) >= 11 is 0. The summed E-state index contributed by atoms with van der Waals surface area (Å²) < 4.78 is 13.1. The third-order valence-corrected chi connectivity index (χ3v) is 2.88. The lowest BCUT2D eigenvalue weighted by atomic mass is 10.2. The number of anilines is 3. The van der Waals surface area contributed by atoms with E-state index in [0.717, 1.165) is 11.3 Å². The zero-order chi connectivity index (χ0) is 14.1. The first kappa shape index (κ1) is 12.3. The van der Waals surface area contributed by atoms with E-state index in [1.807, 2.05) is 0 Å². The largest absolute Gasteiger partial charge is 0.339 e. The first-order valence-corrected chi connectivity index (χ1v) is 5.88. The Morgan fingerprint density at radius 1 is 1.30 bits per heavy atom. The van der Waals surface area contributed by atoms with Crippen LogP contribution in [-0.2, 0) is 0 Å². The molecule has 0 aliphatic rings. The van der Waals surface area contributed by atoms with Crippen LogP contribution in [-0.4, -0.2) is 20.2 Å². The van der Waals surface area contributed by atoms with E-state index in [1.165, 1.54) is 12.1 Å². The number of hydrogen-bond acceptors (Lipinski definition) is 6. The predicted molar refractivity (Wildman–Crippen MR) is 73.9 cm³/mol. The monoisotopic (exact) mass is 273 g/mol. The van der Waals surface area contributed by atoms with Crippen molar-refractivity contribution in [3.63, 3.8) is 0 Å². The Morgan fingerprint density at radius 2 is 2.15 bits per heavy atom. The number of fused-ring (bicyclic) bond motifs is 1. The van der Waals surface area contributed by atoms with Crippen molar-refractivity contribution in [1.29, 1.82) is 0 Å². The van der Waals surface area contributed by atoms with Crippen molar-refractivity contribution in [2.45, 2.75) is 6.92 Å². The average Bonchev–Trinajstić information content (AvgIpc) is 2.90. The number of rotatable bonds is 3. The van der Waals surface area contributed by atoms with Gasteiger partial charge in [-0.3, -0.25) is 10.5 Å². The summed E-state index contributed by atoms with van der Waals surface area (Å²) in [7, 11) is 0. The highest BCUT2D eigenvalue weighted by Gasteiger charge is 2.10. The van der Waals surface area contributed by atoms with Gasteiger partial charge in [-0.05, 0) is 30.7 Å². The topological polar surface area (TPSA) is 105 Å². The smallest absolute Gasteiger partial charge is 0.241 e. The Bertz CT molecular complexity index is 768. The number of nitrogens with two attached hydrogens (primary N) is 1. The minimum atomic E-state index is -0.284. The number of nitrogens with zero attached hydrogens (tertiary/aromatic N) is 3. The normalized spacial score (nSPS) is 10.8. The van der Waals surface area contributed by atoms with Crippen LogP contribution in [0.25, 0.3) is 11.0 Å². The molecule has 2 aromatic heterocycles. The van der Waals surface area contributed by atoms with Crippen molar-refractivity contribution in [2.24, 2.45) is 5.84 Å². The van der Waals surface area contributed by atoms with Crippen LogP contribution in [0.4, 0.5) is 21.8 Å². The van der Waals surface area contributed by atoms with Gasteiger partial charge in [-0.2, -0.15) is 15.1 Å². The lowest BCUT2D eigenvalue weighted by Crippen LogP contribution is -2.11. The van der Waals surface area contributed by atoms with Gasteiger partial charge in [0.1, 0.15) is 11.6 Å². The van der Waals surface area contributed by atoms with E-state index in [2.05, 4.69) is 30.9 Å². The lowest BCUT2D eigenvalue weighted by Gasteiger charge is -2.10. The van der Waals surface area contributed by atoms with Crippen LogP contribution < -0.4 is 16.6 Å². The number of nitrogens with one attached hydrogen (secondary N) is 3. The molecule has 0 bridgehead atoms. The molecule has 8 heteroatoms. The summed E-state index contributed by atoms with van der Waals surface area (Å²) in [5.74, 6) is 5.84. The maximum Gasteiger partial charge on any atom is 0.241 e. The van der Waals surface area contributed by atoms with E-state index in [1.54, 1.807) is 19.2 Å². The zero-order valence-electron chi connectivity index (χ0n) is 10.6. The van der Waals surface area contributed by atoms with Crippen LogP contribution in [0.2, 0.25) is 0 Å². The van der Waals surface area contributed by atoms with Crippen LogP contribution in [0.3, 0.4) is 0 Å². The molecule has 0 spiro atoms. The number of aryl methyl sites for hydroxylation is 1. The number of benzene rings is 1. The first-order valence-electron chi connectivity index (χ1n) is 5.88. The second-order valence-electron chi connectivity index (χ2n) is 4.26. The molecule has 0 aliphatic heterocycles. The fourth-order valence-corrected chi connectivity index (χ4v) is 1.89. The second-order valence-corrected chi connectivity index (χ2v) is 4.26. The summed E-state index contributed by atoms with van der Waals surface area (Å²) in [6.07, 6.45) is 1.61. The van der Waals surface area contributed by atoms with E-state index in [0.29, 0.717) is 16.9 Å². The Labute approximate surface area is 113 Å². The van der Waals surface area contributed by atoms with E-state index in [-0.39, 0.29) is 11.8 Å². The van der Waals surface area contributed by atoms with Crippen molar-refractivity contribution in [2.75, 3.05) is 10.7 Å². The van der Waals surface area contributed by atoms with Gasteiger partial charge in [0.15, 0.2) is 5.65 Å².